The molecule has 0 aliphatic carbocycles. The van der Waals surface area contributed by atoms with E-state index < -0.39 is 0 Å². The van der Waals surface area contributed by atoms with E-state index in [2.05, 4.69) is 20.6 Å². The van der Waals surface area contributed by atoms with Gasteiger partial charge < -0.3 is 14.5 Å². The van der Waals surface area contributed by atoms with E-state index >= 15 is 0 Å². The van der Waals surface area contributed by atoms with Crippen molar-refractivity contribution >= 4 is 45.7 Å². The molecule has 4 aromatic rings. The third kappa shape index (κ3) is 6.63. The van der Waals surface area contributed by atoms with Crippen LogP contribution in [0.4, 0.5) is 5.13 Å². The average Bonchev–Trinajstić information content (AvgIpc) is 3.57. The summed E-state index contributed by atoms with van der Waals surface area (Å²) in [6.07, 6.45) is 3.17. The molecule has 0 aliphatic rings. The number of nitrogens with zero attached hydrogens (tertiary/aromatic N) is 2. The second-order valence-corrected chi connectivity index (χ2v) is 9.17. The lowest BCUT2D eigenvalue weighted by atomic mass is 10.2. The summed E-state index contributed by atoms with van der Waals surface area (Å²) < 4.78 is 11.4. The van der Waals surface area contributed by atoms with Crippen LogP contribution in [0.3, 0.4) is 0 Å². The number of aryl methyl sites for hydroxylation is 1. The van der Waals surface area contributed by atoms with Crippen LogP contribution in [0.25, 0.3) is 17.5 Å². The number of nitrogens with one attached hydrogen (secondary N) is 2. The molecule has 8 nitrogen and oxygen atoms in total. The van der Waals surface area contributed by atoms with Crippen molar-refractivity contribution in [1.29, 1.82) is 0 Å². The smallest absolute Gasteiger partial charge is 0.250 e. The van der Waals surface area contributed by atoms with Gasteiger partial charge in [-0.05, 0) is 42.8 Å². The fourth-order valence-corrected chi connectivity index (χ4v) is 4.19. The molecule has 2 N–H and O–H groups in total. The SMILES string of the molecule is CC(=O)NCc1ccc(-c2csc(NC(=O)/C=C/c3ccc(OCc4csc(C)n4)cc3)n2)o1. The Hall–Kier alpha value is -3.76. The molecule has 3 aromatic heterocycles. The molecular weight excluding hydrogens is 472 g/mol. The predicted molar refractivity (Wildman–Crippen MR) is 133 cm³/mol. The molecule has 34 heavy (non-hydrogen) atoms. The first-order valence-electron chi connectivity index (χ1n) is 10.4. The molecule has 0 aliphatic heterocycles. The Morgan fingerprint density at radius 1 is 1.09 bits per heavy atom. The number of benzene rings is 1. The second-order valence-electron chi connectivity index (χ2n) is 7.25. The molecule has 0 radical (unpaired) electrons. The number of hydrogen-bond donors (Lipinski definition) is 2. The van der Waals surface area contributed by atoms with Gasteiger partial charge in [-0.1, -0.05) is 12.1 Å². The molecule has 174 valence electrons. The largest absolute Gasteiger partial charge is 0.487 e. The van der Waals surface area contributed by atoms with Gasteiger partial charge in [0, 0.05) is 23.8 Å². The molecule has 0 saturated carbocycles. The zero-order valence-corrected chi connectivity index (χ0v) is 20.2. The highest BCUT2D eigenvalue weighted by Crippen LogP contribution is 2.26. The van der Waals surface area contributed by atoms with Crippen LogP contribution in [0, 0.1) is 6.92 Å². The van der Waals surface area contributed by atoms with Crippen LogP contribution in [0.1, 0.15) is 28.9 Å². The molecule has 10 heteroatoms. The third-order valence-electron chi connectivity index (χ3n) is 4.52. The van der Waals surface area contributed by atoms with Gasteiger partial charge in [-0.15, -0.1) is 22.7 Å². The first-order valence-corrected chi connectivity index (χ1v) is 12.1. The highest BCUT2D eigenvalue weighted by molar-refractivity contribution is 7.14. The molecule has 3 heterocycles. The maximum Gasteiger partial charge on any atom is 0.250 e. The lowest BCUT2D eigenvalue weighted by molar-refractivity contribution is -0.119. The fraction of sp³-hybridized carbons (Fsp3) is 0.167. The van der Waals surface area contributed by atoms with Crippen molar-refractivity contribution in [3.05, 3.63) is 75.3 Å². The van der Waals surface area contributed by atoms with E-state index in [9.17, 15) is 9.59 Å². The van der Waals surface area contributed by atoms with Crippen LogP contribution in [-0.2, 0) is 22.7 Å². The van der Waals surface area contributed by atoms with E-state index in [0.29, 0.717) is 35.5 Å². The standard InChI is InChI=1S/C24H22N4O4S2/c1-15(29)25-11-20-8-9-22(32-20)21-14-34-24(27-21)28-23(30)10-5-17-3-6-19(7-4-17)31-12-18-13-33-16(2)26-18/h3-10,13-14H,11-12H2,1-2H3,(H,25,29)(H,27,28,30)/b10-5+. The van der Waals surface area contributed by atoms with E-state index in [4.69, 9.17) is 9.15 Å². The van der Waals surface area contributed by atoms with Gasteiger partial charge in [-0.3, -0.25) is 14.9 Å². The molecule has 0 atom stereocenters. The number of amides is 2. The van der Waals surface area contributed by atoms with E-state index in [-0.39, 0.29) is 11.8 Å². The maximum absolute atomic E-state index is 12.3. The van der Waals surface area contributed by atoms with Crippen LogP contribution in [0.2, 0.25) is 0 Å². The first kappa shape index (κ1) is 23.4. The number of carbonyl (C=O) groups excluding carboxylic acids is 2. The second kappa shape index (κ2) is 10.9. The summed E-state index contributed by atoms with van der Waals surface area (Å²) in [5, 5.41) is 10.7. The predicted octanol–water partition coefficient (Wildman–Crippen LogP) is 5.04. The highest BCUT2D eigenvalue weighted by Gasteiger charge is 2.11. The fourth-order valence-electron chi connectivity index (χ4n) is 2.89. The number of rotatable bonds is 9. The molecule has 1 aromatic carbocycles. The van der Waals surface area contributed by atoms with Crippen molar-refractivity contribution in [2.24, 2.45) is 0 Å². The van der Waals surface area contributed by atoms with Gasteiger partial charge in [-0.2, -0.15) is 0 Å². The topological polar surface area (TPSA) is 106 Å². The van der Waals surface area contributed by atoms with Crippen molar-refractivity contribution in [3.8, 4) is 17.2 Å². The minimum Gasteiger partial charge on any atom is -0.487 e. The Kier molecular flexibility index (Phi) is 7.51. The van der Waals surface area contributed by atoms with Crippen LogP contribution in [-0.4, -0.2) is 21.8 Å². The van der Waals surface area contributed by atoms with Crippen LogP contribution < -0.4 is 15.4 Å². The van der Waals surface area contributed by atoms with Gasteiger partial charge in [0.15, 0.2) is 10.9 Å². The summed E-state index contributed by atoms with van der Waals surface area (Å²) >= 11 is 2.90. The number of ether oxygens (including phenoxy) is 1. The van der Waals surface area contributed by atoms with E-state index in [1.807, 2.05) is 36.6 Å². The summed E-state index contributed by atoms with van der Waals surface area (Å²) in [7, 11) is 0. The third-order valence-corrected chi connectivity index (χ3v) is 6.10. The number of furan rings is 1. The van der Waals surface area contributed by atoms with Crippen molar-refractivity contribution in [3.63, 3.8) is 0 Å². The number of carbonyl (C=O) groups is 2. The number of aromatic nitrogens is 2. The molecule has 0 unspecified atom stereocenters. The Labute approximate surface area is 204 Å². The van der Waals surface area contributed by atoms with Gasteiger partial charge in [0.05, 0.1) is 17.2 Å². The Bertz CT molecular complexity index is 1300. The van der Waals surface area contributed by atoms with Crippen molar-refractivity contribution in [1.82, 2.24) is 15.3 Å². The summed E-state index contributed by atoms with van der Waals surface area (Å²) in [6, 6.07) is 11.0. The minimum atomic E-state index is -0.286. The summed E-state index contributed by atoms with van der Waals surface area (Å²) in [4.78, 5) is 32.1. The van der Waals surface area contributed by atoms with Crippen molar-refractivity contribution in [2.75, 3.05) is 5.32 Å². The van der Waals surface area contributed by atoms with E-state index in [0.717, 1.165) is 22.0 Å². The Morgan fingerprint density at radius 2 is 1.91 bits per heavy atom. The lowest BCUT2D eigenvalue weighted by Gasteiger charge is -2.04. The number of thiazole rings is 2. The highest BCUT2D eigenvalue weighted by atomic mass is 32.1. The first-order chi connectivity index (χ1) is 16.4. The van der Waals surface area contributed by atoms with Gasteiger partial charge in [0.2, 0.25) is 11.8 Å². The van der Waals surface area contributed by atoms with E-state index in [1.165, 1.54) is 24.3 Å². The molecule has 0 saturated heterocycles. The maximum atomic E-state index is 12.3. The monoisotopic (exact) mass is 494 g/mol. The normalized spacial score (nSPS) is 11.0. The van der Waals surface area contributed by atoms with E-state index in [1.54, 1.807) is 34.9 Å². The molecule has 4 rings (SSSR count). The van der Waals surface area contributed by atoms with Gasteiger partial charge in [0.1, 0.15) is 23.8 Å². The number of anilines is 1. The zero-order valence-electron chi connectivity index (χ0n) is 18.5. The van der Waals surface area contributed by atoms with Gasteiger partial charge in [-0.25, -0.2) is 9.97 Å². The summed E-state index contributed by atoms with van der Waals surface area (Å²) in [5.74, 6) is 1.52. The molecule has 0 bridgehead atoms. The van der Waals surface area contributed by atoms with Crippen LogP contribution >= 0.6 is 22.7 Å². The number of hydrogen-bond acceptors (Lipinski definition) is 8. The van der Waals surface area contributed by atoms with Gasteiger partial charge >= 0.3 is 0 Å². The zero-order chi connectivity index (χ0) is 23.9. The lowest BCUT2D eigenvalue weighted by Crippen LogP contribution is -2.18. The molecule has 0 spiro atoms. The van der Waals surface area contributed by atoms with Gasteiger partial charge in [0.25, 0.3) is 0 Å². The minimum absolute atomic E-state index is 0.129. The van der Waals surface area contributed by atoms with Crippen LogP contribution in [0.5, 0.6) is 5.75 Å². The van der Waals surface area contributed by atoms with Crippen LogP contribution in [0.15, 0.2) is 57.7 Å². The quantitative estimate of drug-likeness (QED) is 0.316. The van der Waals surface area contributed by atoms with Crippen molar-refractivity contribution in [2.45, 2.75) is 27.0 Å². The average molecular weight is 495 g/mol. The molecule has 0 fully saturated rings. The molecule has 2 amide bonds. The van der Waals surface area contributed by atoms with Crippen molar-refractivity contribution < 1.29 is 18.7 Å². The summed E-state index contributed by atoms with van der Waals surface area (Å²) in [6.45, 7) is 4.15. The summed E-state index contributed by atoms with van der Waals surface area (Å²) in [5.41, 5.74) is 2.39. The molecular formula is C24H22N4O4S2. The Balaban J connectivity index is 1.27. The Morgan fingerprint density at radius 3 is 2.65 bits per heavy atom.